The normalized spacial score (nSPS) is 11.3. The molecule has 0 fully saturated rings. The fraction of sp³-hybridized carbons (Fsp3) is 0.600. The van der Waals surface area contributed by atoms with Gasteiger partial charge in [0, 0.05) is 25.0 Å². The third kappa shape index (κ3) is 7.09. The van der Waals surface area contributed by atoms with Crippen LogP contribution in [-0.4, -0.2) is 43.2 Å². The molecule has 6 nitrogen and oxygen atoms in total. The fourth-order valence-corrected chi connectivity index (χ4v) is 4.01. The van der Waals surface area contributed by atoms with E-state index in [-0.39, 0.29) is 23.8 Å². The van der Waals surface area contributed by atoms with Crippen molar-refractivity contribution in [3.63, 3.8) is 0 Å². The highest BCUT2D eigenvalue weighted by molar-refractivity contribution is 7.89. The van der Waals surface area contributed by atoms with Gasteiger partial charge in [0.05, 0.1) is 4.90 Å². The molecule has 0 bridgehead atoms. The van der Waals surface area contributed by atoms with Crippen LogP contribution < -0.4 is 0 Å². The monoisotopic (exact) mass is 430 g/mol. The Hall–Kier alpha value is -1.60. The minimum absolute atomic E-state index is 0.0485. The Morgan fingerprint density at radius 1 is 0.929 bits per heavy atom. The summed E-state index contributed by atoms with van der Waals surface area (Å²) in [7, 11) is -2.88. The molecular weight excluding hydrogens is 400 g/mol. The van der Waals surface area contributed by atoms with E-state index >= 15 is 0 Å². The largest absolute Gasteiger partial charge is 0.340 e. The number of sulfonamides is 1. The van der Waals surface area contributed by atoms with Gasteiger partial charge in [-0.2, -0.15) is 0 Å². The molecule has 0 spiro atoms. The van der Waals surface area contributed by atoms with E-state index in [1.807, 2.05) is 6.92 Å². The quantitative estimate of drug-likeness (QED) is 0.459. The van der Waals surface area contributed by atoms with E-state index in [2.05, 4.69) is 6.92 Å². The maximum absolute atomic E-state index is 12.8. The molecule has 0 saturated carbocycles. The summed E-state index contributed by atoms with van der Waals surface area (Å²) in [6, 6.07) is 4.74. The van der Waals surface area contributed by atoms with Crippen molar-refractivity contribution in [3.8, 4) is 0 Å². The zero-order valence-corrected chi connectivity index (χ0v) is 18.6. The van der Waals surface area contributed by atoms with Crippen molar-refractivity contribution in [2.45, 2.75) is 70.1 Å². The lowest BCUT2D eigenvalue weighted by Gasteiger charge is -2.26. The minimum Gasteiger partial charge on any atom is -0.274 e. The summed E-state index contributed by atoms with van der Waals surface area (Å²) >= 11 is 5.80. The van der Waals surface area contributed by atoms with Crippen LogP contribution in [0.4, 0.5) is 4.79 Å². The highest BCUT2D eigenvalue weighted by Crippen LogP contribution is 2.19. The molecule has 0 saturated heterocycles. The number of hydrogen-bond acceptors (Lipinski definition) is 4. The Balaban J connectivity index is 2.78. The Bertz CT molecular complexity index is 735. The molecule has 0 radical (unpaired) electrons. The van der Waals surface area contributed by atoms with Crippen molar-refractivity contribution >= 4 is 33.6 Å². The van der Waals surface area contributed by atoms with Crippen LogP contribution in [0.25, 0.3) is 0 Å². The molecular formula is C20H31ClN2O4S. The van der Waals surface area contributed by atoms with Gasteiger partial charge in [-0.15, -0.1) is 0 Å². The minimum atomic E-state index is -4.06. The molecule has 1 aromatic carbocycles. The van der Waals surface area contributed by atoms with Gasteiger partial charge >= 0.3 is 6.03 Å². The van der Waals surface area contributed by atoms with Crippen LogP contribution in [0.3, 0.4) is 0 Å². The van der Waals surface area contributed by atoms with Gasteiger partial charge < -0.3 is 0 Å². The van der Waals surface area contributed by atoms with Crippen LogP contribution in [0.5, 0.6) is 0 Å². The lowest BCUT2D eigenvalue weighted by Crippen LogP contribution is -2.47. The number of nitrogens with zero attached hydrogens (tertiary/aromatic N) is 2. The molecule has 28 heavy (non-hydrogen) atoms. The summed E-state index contributed by atoms with van der Waals surface area (Å²) in [5, 5.41) is 0.398. The number of hydrogen-bond donors (Lipinski definition) is 0. The van der Waals surface area contributed by atoms with Gasteiger partial charge in [0.15, 0.2) is 0 Å². The van der Waals surface area contributed by atoms with Crippen LogP contribution in [0.1, 0.15) is 65.2 Å². The molecule has 158 valence electrons. The van der Waals surface area contributed by atoms with Crippen molar-refractivity contribution in [2.24, 2.45) is 0 Å². The number of benzene rings is 1. The lowest BCUT2D eigenvalue weighted by atomic mass is 10.1. The number of urea groups is 1. The zero-order chi connectivity index (χ0) is 21.2. The third-order valence-electron chi connectivity index (χ3n) is 4.46. The second-order valence-electron chi connectivity index (χ2n) is 6.77. The highest BCUT2D eigenvalue weighted by atomic mass is 35.5. The molecule has 1 rings (SSSR count). The van der Waals surface area contributed by atoms with Crippen molar-refractivity contribution in [2.75, 3.05) is 13.6 Å². The third-order valence-corrected chi connectivity index (χ3v) is 6.46. The highest BCUT2D eigenvalue weighted by Gasteiger charge is 2.31. The first-order chi connectivity index (χ1) is 13.3. The molecule has 0 aromatic heterocycles. The predicted octanol–water partition coefficient (Wildman–Crippen LogP) is 5.07. The van der Waals surface area contributed by atoms with E-state index in [0.29, 0.717) is 22.2 Å². The van der Waals surface area contributed by atoms with Gasteiger partial charge in [-0.3, -0.25) is 9.69 Å². The Morgan fingerprint density at radius 3 is 2.07 bits per heavy atom. The lowest BCUT2D eigenvalue weighted by molar-refractivity contribution is -0.128. The van der Waals surface area contributed by atoms with Gasteiger partial charge in [0.25, 0.3) is 10.0 Å². The van der Waals surface area contributed by atoms with E-state index < -0.39 is 16.1 Å². The standard InChI is InChI=1S/C20H31ClN2O4S/c1-4-6-7-8-9-10-11-19(24)23(16-5-2)20(25)22(3)28(26,27)18-14-12-17(21)13-15-18/h12-15H,4-11,16H2,1-3H3. The molecule has 3 amide bonds. The van der Waals surface area contributed by atoms with Crippen LogP contribution >= 0.6 is 11.6 Å². The number of carbonyl (C=O) groups excluding carboxylic acids is 2. The van der Waals surface area contributed by atoms with E-state index in [9.17, 15) is 18.0 Å². The SMILES string of the molecule is CCCCCCCCC(=O)N(CCC)C(=O)N(C)S(=O)(=O)c1ccc(Cl)cc1. The average Bonchev–Trinajstić information content (AvgIpc) is 2.67. The van der Waals surface area contributed by atoms with Crippen molar-refractivity contribution in [3.05, 3.63) is 29.3 Å². The van der Waals surface area contributed by atoms with Crippen LogP contribution in [0.2, 0.25) is 5.02 Å². The van der Waals surface area contributed by atoms with E-state index in [4.69, 9.17) is 11.6 Å². The van der Waals surface area contributed by atoms with E-state index in [1.54, 1.807) is 0 Å². The molecule has 8 heteroatoms. The molecule has 0 N–H and O–H groups in total. The molecule has 0 aliphatic carbocycles. The average molecular weight is 431 g/mol. The van der Waals surface area contributed by atoms with Gasteiger partial charge in [-0.1, -0.05) is 57.6 Å². The summed E-state index contributed by atoms with van der Waals surface area (Å²) in [5.74, 6) is -0.333. The van der Waals surface area contributed by atoms with E-state index in [0.717, 1.165) is 30.6 Å². The number of imide groups is 1. The number of rotatable bonds is 11. The van der Waals surface area contributed by atoms with Gasteiger partial charge in [-0.05, 0) is 37.1 Å². The summed E-state index contributed by atoms with van der Waals surface area (Å²) in [6.45, 7) is 4.17. The molecule has 0 atom stereocenters. The van der Waals surface area contributed by atoms with Crippen LogP contribution in [0.15, 0.2) is 29.2 Å². The fourth-order valence-electron chi connectivity index (χ4n) is 2.78. The van der Waals surface area contributed by atoms with Gasteiger partial charge in [0.1, 0.15) is 0 Å². The smallest absolute Gasteiger partial charge is 0.274 e. The van der Waals surface area contributed by atoms with Crippen molar-refractivity contribution in [1.29, 1.82) is 0 Å². The van der Waals surface area contributed by atoms with Crippen molar-refractivity contribution in [1.82, 2.24) is 9.21 Å². The Labute approximate surface area is 173 Å². The molecule has 0 aliphatic heterocycles. The zero-order valence-electron chi connectivity index (χ0n) is 17.0. The van der Waals surface area contributed by atoms with Gasteiger partial charge in [0.2, 0.25) is 5.91 Å². The maximum atomic E-state index is 12.8. The molecule has 0 aliphatic rings. The van der Waals surface area contributed by atoms with Gasteiger partial charge in [-0.25, -0.2) is 17.5 Å². The van der Waals surface area contributed by atoms with Crippen LogP contribution in [-0.2, 0) is 14.8 Å². The summed E-state index contributed by atoms with van der Waals surface area (Å²) in [4.78, 5) is 26.3. The first-order valence-electron chi connectivity index (χ1n) is 9.84. The Kier molecular flexibility index (Phi) is 10.5. The summed E-state index contributed by atoms with van der Waals surface area (Å²) in [5.41, 5.74) is 0. The van der Waals surface area contributed by atoms with Crippen LogP contribution in [0, 0.1) is 0 Å². The van der Waals surface area contributed by atoms with E-state index in [1.165, 1.54) is 37.7 Å². The Morgan fingerprint density at radius 2 is 1.50 bits per heavy atom. The maximum Gasteiger partial charge on any atom is 0.340 e. The number of halogens is 1. The molecule has 0 heterocycles. The molecule has 0 unspecified atom stereocenters. The topological polar surface area (TPSA) is 74.8 Å². The second-order valence-corrected chi connectivity index (χ2v) is 9.18. The second kappa shape index (κ2) is 12.1. The number of amides is 3. The van der Waals surface area contributed by atoms with Crippen molar-refractivity contribution < 1.29 is 18.0 Å². The first kappa shape index (κ1) is 24.4. The number of unbranched alkanes of at least 4 members (excludes halogenated alkanes) is 5. The summed E-state index contributed by atoms with van der Waals surface area (Å²) in [6.07, 6.45) is 6.98. The summed E-state index contributed by atoms with van der Waals surface area (Å²) < 4.78 is 26.0. The first-order valence-corrected chi connectivity index (χ1v) is 11.7. The number of carbonyl (C=O) groups is 2. The predicted molar refractivity (Wildman–Crippen MR) is 112 cm³/mol. The molecule has 1 aromatic rings.